The first-order valence-electron chi connectivity index (χ1n) is 7.98. The predicted octanol–water partition coefficient (Wildman–Crippen LogP) is 3.52. The van der Waals surface area contributed by atoms with Crippen LogP contribution in [0.2, 0.25) is 0 Å². The topological polar surface area (TPSA) is 51.0 Å². The molecule has 2 aromatic heterocycles. The largest absolute Gasteiger partial charge is 0.330 e. The van der Waals surface area contributed by atoms with Gasteiger partial charge >= 0.3 is 0 Å². The van der Waals surface area contributed by atoms with Crippen LogP contribution >= 0.6 is 11.3 Å². The van der Waals surface area contributed by atoms with Gasteiger partial charge in [-0.25, -0.2) is 4.98 Å². The van der Waals surface area contributed by atoms with Gasteiger partial charge in [0, 0.05) is 30.5 Å². The van der Waals surface area contributed by atoms with Crippen molar-refractivity contribution in [2.45, 2.75) is 32.5 Å². The van der Waals surface area contributed by atoms with E-state index < -0.39 is 0 Å². The third-order valence-corrected chi connectivity index (χ3v) is 4.62. The molecule has 0 aliphatic heterocycles. The Morgan fingerprint density at radius 1 is 1.21 bits per heavy atom. The molecule has 5 nitrogen and oxygen atoms in total. The summed E-state index contributed by atoms with van der Waals surface area (Å²) in [6.45, 7) is 3.09. The van der Waals surface area contributed by atoms with E-state index in [4.69, 9.17) is 0 Å². The van der Waals surface area contributed by atoms with Gasteiger partial charge in [-0.1, -0.05) is 37.3 Å². The molecule has 124 valence electrons. The Balaban J connectivity index is 1.83. The summed E-state index contributed by atoms with van der Waals surface area (Å²) in [6.07, 6.45) is 6.02. The maximum Gasteiger partial charge on any atom is 0.248 e. The number of thiazole rings is 1. The number of aromatic nitrogens is 3. The zero-order chi connectivity index (χ0) is 16.8. The first-order valence-corrected chi connectivity index (χ1v) is 8.86. The Bertz CT molecular complexity index is 741. The molecule has 6 heteroatoms. The molecule has 2 heterocycles. The number of hydrogen-bond acceptors (Lipinski definition) is 4. The second-order valence-corrected chi connectivity index (χ2v) is 6.49. The van der Waals surface area contributed by atoms with E-state index in [0.717, 1.165) is 10.6 Å². The fraction of sp³-hybridized carbons (Fsp3) is 0.278. The van der Waals surface area contributed by atoms with Crippen molar-refractivity contribution in [3.05, 3.63) is 70.9 Å². The molecule has 24 heavy (non-hydrogen) atoms. The Hall–Kier alpha value is -2.47. The van der Waals surface area contributed by atoms with E-state index >= 15 is 0 Å². The minimum Gasteiger partial charge on any atom is -0.330 e. The van der Waals surface area contributed by atoms with E-state index in [1.165, 1.54) is 0 Å². The highest BCUT2D eigenvalue weighted by molar-refractivity contribution is 7.09. The number of rotatable bonds is 7. The van der Waals surface area contributed by atoms with Crippen LogP contribution in [0, 0.1) is 0 Å². The van der Waals surface area contributed by atoms with Crippen molar-refractivity contribution >= 4 is 17.2 Å². The van der Waals surface area contributed by atoms with Crippen molar-refractivity contribution in [2.24, 2.45) is 0 Å². The average Bonchev–Trinajstić information content (AvgIpc) is 3.30. The van der Waals surface area contributed by atoms with E-state index in [0.29, 0.717) is 19.5 Å². The molecular weight excluding hydrogens is 320 g/mol. The van der Waals surface area contributed by atoms with Crippen LogP contribution in [0.5, 0.6) is 0 Å². The summed E-state index contributed by atoms with van der Waals surface area (Å²) in [5.74, 6) is 0.0697. The Kier molecular flexibility index (Phi) is 5.38. The van der Waals surface area contributed by atoms with Crippen molar-refractivity contribution in [2.75, 3.05) is 0 Å². The molecule has 1 aromatic carbocycles. The molecule has 3 rings (SSSR count). The summed E-state index contributed by atoms with van der Waals surface area (Å²) in [6, 6.07) is 11.6. The molecule has 0 radical (unpaired) electrons. The van der Waals surface area contributed by atoms with Gasteiger partial charge in [-0.3, -0.25) is 9.48 Å². The van der Waals surface area contributed by atoms with Crippen LogP contribution in [0.25, 0.3) is 0 Å². The molecule has 0 fully saturated rings. The average molecular weight is 340 g/mol. The third-order valence-electron chi connectivity index (χ3n) is 3.85. The van der Waals surface area contributed by atoms with Crippen molar-refractivity contribution in [1.82, 2.24) is 19.7 Å². The molecule has 0 unspecified atom stereocenters. The van der Waals surface area contributed by atoms with E-state index in [1.54, 1.807) is 28.4 Å². The maximum absolute atomic E-state index is 13.1. The highest BCUT2D eigenvalue weighted by Crippen LogP contribution is 2.19. The van der Waals surface area contributed by atoms with Gasteiger partial charge < -0.3 is 4.90 Å². The molecule has 0 bridgehead atoms. The Morgan fingerprint density at radius 3 is 2.67 bits per heavy atom. The number of hydrogen-bond donors (Lipinski definition) is 0. The SMILES string of the molecule is CC[C@H](C(=O)N(Cc1ccccc1)Cc1nccs1)n1cccn1. The molecule has 3 aromatic rings. The summed E-state index contributed by atoms with van der Waals surface area (Å²) in [4.78, 5) is 19.3. The van der Waals surface area contributed by atoms with Gasteiger partial charge in [0.25, 0.3) is 0 Å². The summed E-state index contributed by atoms with van der Waals surface area (Å²) in [7, 11) is 0. The van der Waals surface area contributed by atoms with Gasteiger partial charge in [-0.05, 0) is 18.1 Å². The molecule has 1 amide bonds. The number of benzene rings is 1. The van der Waals surface area contributed by atoms with E-state index in [9.17, 15) is 4.79 Å². The minimum atomic E-state index is -0.288. The maximum atomic E-state index is 13.1. The van der Waals surface area contributed by atoms with Crippen LogP contribution < -0.4 is 0 Å². The zero-order valence-corrected chi connectivity index (χ0v) is 14.4. The third kappa shape index (κ3) is 3.89. The highest BCUT2D eigenvalue weighted by Gasteiger charge is 2.25. The lowest BCUT2D eigenvalue weighted by Crippen LogP contribution is -2.36. The van der Waals surface area contributed by atoms with Crippen LogP contribution in [0.4, 0.5) is 0 Å². The van der Waals surface area contributed by atoms with Gasteiger partial charge in [0.1, 0.15) is 11.0 Å². The van der Waals surface area contributed by atoms with E-state index in [2.05, 4.69) is 10.1 Å². The lowest BCUT2D eigenvalue weighted by atomic mass is 10.1. The van der Waals surface area contributed by atoms with Crippen LogP contribution in [-0.4, -0.2) is 25.6 Å². The van der Waals surface area contributed by atoms with Gasteiger partial charge in [0.2, 0.25) is 5.91 Å². The smallest absolute Gasteiger partial charge is 0.248 e. The van der Waals surface area contributed by atoms with Gasteiger partial charge in [-0.15, -0.1) is 11.3 Å². The lowest BCUT2D eigenvalue weighted by Gasteiger charge is -2.26. The molecule has 0 aliphatic rings. The van der Waals surface area contributed by atoms with Crippen molar-refractivity contribution < 1.29 is 4.79 Å². The van der Waals surface area contributed by atoms with Crippen molar-refractivity contribution in [3.63, 3.8) is 0 Å². The quantitative estimate of drug-likeness (QED) is 0.661. The zero-order valence-electron chi connectivity index (χ0n) is 13.6. The van der Waals surface area contributed by atoms with Crippen LogP contribution in [-0.2, 0) is 17.9 Å². The monoisotopic (exact) mass is 340 g/mol. The fourth-order valence-corrected chi connectivity index (χ4v) is 3.29. The number of carbonyl (C=O) groups is 1. The molecule has 0 aliphatic carbocycles. The summed E-state index contributed by atoms with van der Waals surface area (Å²) >= 11 is 1.57. The summed E-state index contributed by atoms with van der Waals surface area (Å²) < 4.78 is 1.74. The minimum absolute atomic E-state index is 0.0697. The summed E-state index contributed by atoms with van der Waals surface area (Å²) in [5, 5.41) is 7.13. The molecule has 0 N–H and O–H groups in total. The molecule has 0 saturated carbocycles. The van der Waals surface area contributed by atoms with Crippen LogP contribution in [0.15, 0.2) is 60.4 Å². The Morgan fingerprint density at radius 2 is 2.04 bits per heavy atom. The van der Waals surface area contributed by atoms with E-state index in [-0.39, 0.29) is 11.9 Å². The normalized spacial score (nSPS) is 12.0. The first kappa shape index (κ1) is 16.4. The number of carbonyl (C=O) groups excluding carboxylic acids is 1. The fourth-order valence-electron chi connectivity index (χ4n) is 2.66. The molecule has 1 atom stereocenters. The first-order chi connectivity index (χ1) is 11.8. The van der Waals surface area contributed by atoms with Gasteiger partial charge in [-0.2, -0.15) is 5.10 Å². The Labute approximate surface area is 145 Å². The van der Waals surface area contributed by atoms with Crippen LogP contribution in [0.3, 0.4) is 0 Å². The van der Waals surface area contributed by atoms with Gasteiger partial charge in [0.05, 0.1) is 6.54 Å². The second kappa shape index (κ2) is 7.88. The molecule has 0 saturated heterocycles. The molecular formula is C18H20N4OS. The predicted molar refractivity (Wildman–Crippen MR) is 94.4 cm³/mol. The molecule has 0 spiro atoms. The summed E-state index contributed by atoms with van der Waals surface area (Å²) in [5.41, 5.74) is 1.11. The van der Waals surface area contributed by atoms with Gasteiger partial charge in [0.15, 0.2) is 0 Å². The number of amides is 1. The lowest BCUT2D eigenvalue weighted by molar-refractivity contribution is -0.136. The van der Waals surface area contributed by atoms with Crippen molar-refractivity contribution in [3.8, 4) is 0 Å². The second-order valence-electron chi connectivity index (χ2n) is 5.52. The standard InChI is InChI=1S/C18H20N4OS/c1-2-16(22-11-6-9-20-22)18(23)21(14-17-19-10-12-24-17)13-15-7-4-3-5-8-15/h3-12,16H,2,13-14H2,1H3/t16-/m1/s1. The highest BCUT2D eigenvalue weighted by atomic mass is 32.1. The van der Waals surface area contributed by atoms with Crippen molar-refractivity contribution in [1.29, 1.82) is 0 Å². The number of nitrogens with zero attached hydrogens (tertiary/aromatic N) is 4. The van der Waals surface area contributed by atoms with E-state index in [1.807, 2.05) is 59.8 Å². The van der Waals surface area contributed by atoms with Crippen LogP contribution in [0.1, 0.15) is 30.0 Å².